The van der Waals surface area contributed by atoms with Gasteiger partial charge in [-0.3, -0.25) is 9.69 Å². The van der Waals surface area contributed by atoms with Gasteiger partial charge in [-0.2, -0.15) is 0 Å². The number of hydrogen-bond donors (Lipinski definition) is 2. The Morgan fingerprint density at radius 2 is 1.80 bits per heavy atom. The summed E-state index contributed by atoms with van der Waals surface area (Å²) >= 11 is 3.35. The molecule has 1 aliphatic rings. The summed E-state index contributed by atoms with van der Waals surface area (Å²) in [6.45, 7) is 8.51. The van der Waals surface area contributed by atoms with E-state index in [4.69, 9.17) is 9.47 Å². The predicted octanol–water partition coefficient (Wildman–Crippen LogP) is 2.71. The van der Waals surface area contributed by atoms with E-state index in [1.54, 1.807) is 58.9 Å². The Hall–Kier alpha value is -2.13. The second-order valence-electron chi connectivity index (χ2n) is 8.38. The molecule has 0 aliphatic carbocycles. The number of esters is 1. The number of nitrogens with one attached hydrogen (secondary N) is 1. The second-order valence-corrected chi connectivity index (χ2v) is 9.30. The average molecular weight is 485 g/mol. The Kier molecular flexibility index (Phi) is 7.52. The summed E-state index contributed by atoms with van der Waals surface area (Å²) in [5.74, 6) is -1.20. The van der Waals surface area contributed by atoms with E-state index < -0.39 is 41.3 Å². The molecule has 0 spiro atoms. The minimum absolute atomic E-state index is 0.0264. The fraction of sp³-hybridized carbons (Fsp3) is 0.571. The van der Waals surface area contributed by atoms with Crippen LogP contribution in [0, 0.1) is 0 Å². The quantitative estimate of drug-likeness (QED) is 0.622. The molecule has 2 amide bonds. The number of likely N-dealkylation sites (tertiary alicyclic amines) is 1. The molecule has 8 nitrogen and oxygen atoms in total. The van der Waals surface area contributed by atoms with Crippen LogP contribution >= 0.6 is 15.9 Å². The molecule has 1 aromatic carbocycles. The molecule has 1 saturated heterocycles. The molecule has 0 saturated carbocycles. The van der Waals surface area contributed by atoms with Crippen LogP contribution in [0.3, 0.4) is 0 Å². The SMILES string of the molecule is CCOC(=O)C(C)(NC(=O)C1C[C@@H](O)CN1C(=O)OC(C)(C)C)c1ccc(Br)cc1. The van der Waals surface area contributed by atoms with E-state index in [0.29, 0.717) is 5.56 Å². The topological polar surface area (TPSA) is 105 Å². The molecule has 1 aromatic rings. The van der Waals surface area contributed by atoms with Gasteiger partial charge in [0.05, 0.1) is 19.3 Å². The van der Waals surface area contributed by atoms with E-state index in [1.807, 2.05) is 0 Å². The summed E-state index contributed by atoms with van der Waals surface area (Å²) < 4.78 is 11.4. The van der Waals surface area contributed by atoms with Crippen LogP contribution in [0.4, 0.5) is 4.79 Å². The van der Waals surface area contributed by atoms with Crippen LogP contribution in [0.1, 0.15) is 46.6 Å². The molecule has 166 valence electrons. The summed E-state index contributed by atoms with van der Waals surface area (Å²) in [5.41, 5.74) is -1.69. The number of ether oxygens (including phenoxy) is 2. The van der Waals surface area contributed by atoms with Gasteiger partial charge in [0.15, 0.2) is 5.54 Å². The monoisotopic (exact) mass is 484 g/mol. The molecule has 2 unspecified atom stereocenters. The Labute approximate surface area is 185 Å². The molecule has 0 aromatic heterocycles. The number of hydrogen-bond acceptors (Lipinski definition) is 6. The van der Waals surface area contributed by atoms with Crippen LogP contribution in [0.5, 0.6) is 0 Å². The van der Waals surface area contributed by atoms with Crippen LogP contribution in [-0.2, 0) is 24.6 Å². The van der Waals surface area contributed by atoms with Crippen molar-refractivity contribution in [1.82, 2.24) is 10.2 Å². The number of benzene rings is 1. The number of amides is 2. The number of carbonyl (C=O) groups excluding carboxylic acids is 3. The Balaban J connectivity index is 2.30. The highest BCUT2D eigenvalue weighted by atomic mass is 79.9. The number of nitrogens with zero attached hydrogens (tertiary/aromatic N) is 1. The lowest BCUT2D eigenvalue weighted by Crippen LogP contribution is -2.56. The van der Waals surface area contributed by atoms with Crippen molar-refractivity contribution in [2.24, 2.45) is 0 Å². The molecule has 9 heteroatoms. The minimum atomic E-state index is -1.47. The predicted molar refractivity (Wildman–Crippen MR) is 114 cm³/mol. The van der Waals surface area contributed by atoms with Crippen LogP contribution in [0.15, 0.2) is 28.7 Å². The van der Waals surface area contributed by atoms with Gasteiger partial charge in [-0.1, -0.05) is 28.1 Å². The van der Waals surface area contributed by atoms with Crippen molar-refractivity contribution in [3.05, 3.63) is 34.3 Å². The number of aliphatic hydroxyl groups excluding tert-OH is 1. The zero-order chi connectivity index (χ0) is 22.7. The van der Waals surface area contributed by atoms with Gasteiger partial charge >= 0.3 is 12.1 Å². The van der Waals surface area contributed by atoms with Gasteiger partial charge in [0.2, 0.25) is 5.91 Å². The fourth-order valence-corrected chi connectivity index (χ4v) is 3.48. The first kappa shape index (κ1) is 24.1. The third-order valence-corrected chi connectivity index (χ3v) is 5.22. The first-order chi connectivity index (χ1) is 13.9. The zero-order valence-electron chi connectivity index (χ0n) is 17.9. The van der Waals surface area contributed by atoms with Crippen LogP contribution in [0.25, 0.3) is 0 Å². The van der Waals surface area contributed by atoms with Gasteiger partial charge in [-0.25, -0.2) is 9.59 Å². The van der Waals surface area contributed by atoms with Gasteiger partial charge in [-0.15, -0.1) is 0 Å². The highest BCUT2D eigenvalue weighted by Gasteiger charge is 2.45. The third kappa shape index (κ3) is 5.72. The van der Waals surface area contributed by atoms with Gasteiger partial charge in [0, 0.05) is 10.9 Å². The maximum atomic E-state index is 13.1. The van der Waals surface area contributed by atoms with Crippen molar-refractivity contribution in [3.8, 4) is 0 Å². The summed E-state index contributed by atoms with van der Waals surface area (Å²) in [7, 11) is 0. The fourth-order valence-electron chi connectivity index (χ4n) is 3.21. The van der Waals surface area contributed by atoms with Crippen LogP contribution < -0.4 is 5.32 Å². The molecule has 1 fully saturated rings. The molecule has 2 N–H and O–H groups in total. The summed E-state index contributed by atoms with van der Waals surface area (Å²) in [6, 6.07) is 5.95. The smallest absolute Gasteiger partial charge is 0.411 e. The maximum absolute atomic E-state index is 13.1. The van der Waals surface area contributed by atoms with Crippen LogP contribution in [-0.4, -0.2) is 58.9 Å². The normalized spacial score (nSPS) is 21.0. The Morgan fingerprint density at radius 1 is 1.20 bits per heavy atom. The minimum Gasteiger partial charge on any atom is -0.464 e. The lowest BCUT2D eigenvalue weighted by molar-refractivity contribution is -0.153. The van der Waals surface area contributed by atoms with E-state index >= 15 is 0 Å². The third-order valence-electron chi connectivity index (χ3n) is 4.69. The Bertz CT molecular complexity index is 792. The van der Waals surface area contributed by atoms with E-state index in [-0.39, 0.29) is 19.6 Å². The van der Waals surface area contributed by atoms with Gasteiger partial charge in [0.25, 0.3) is 0 Å². The first-order valence-corrected chi connectivity index (χ1v) is 10.6. The standard InChI is InChI=1S/C21H29BrN2O6/c1-6-29-18(27)21(5,13-7-9-14(22)10-8-13)23-17(26)16-11-15(25)12-24(16)19(28)30-20(2,3)4/h7-10,15-16,25H,6,11-12H2,1-5H3,(H,23,26)/t15-,16?,21?/m1/s1. The molecule has 3 atom stereocenters. The molecule has 1 aliphatic heterocycles. The maximum Gasteiger partial charge on any atom is 0.411 e. The van der Waals surface area contributed by atoms with Gasteiger partial charge in [0.1, 0.15) is 11.6 Å². The van der Waals surface area contributed by atoms with E-state index in [9.17, 15) is 19.5 Å². The summed E-state index contributed by atoms with van der Waals surface area (Å²) in [5, 5.41) is 12.8. The largest absolute Gasteiger partial charge is 0.464 e. The average Bonchev–Trinajstić information content (AvgIpc) is 3.03. The molecule has 30 heavy (non-hydrogen) atoms. The number of β-amino-alcohol motifs (C(OH)–C–C–N with tert-alkyl or cyclic N) is 1. The van der Waals surface area contributed by atoms with Crippen molar-refractivity contribution < 1.29 is 29.0 Å². The lowest BCUT2D eigenvalue weighted by atomic mass is 9.91. The van der Waals surface area contributed by atoms with Crippen molar-refractivity contribution in [1.29, 1.82) is 0 Å². The van der Waals surface area contributed by atoms with Crippen LogP contribution in [0.2, 0.25) is 0 Å². The van der Waals surface area contributed by atoms with Crippen molar-refractivity contribution in [3.63, 3.8) is 0 Å². The number of halogens is 1. The van der Waals surface area contributed by atoms with Gasteiger partial charge in [-0.05, 0) is 52.3 Å². The molecular weight excluding hydrogens is 456 g/mol. The molecular formula is C21H29BrN2O6. The second kappa shape index (κ2) is 9.34. The number of rotatable bonds is 5. The van der Waals surface area contributed by atoms with Gasteiger partial charge < -0.3 is 19.9 Å². The van der Waals surface area contributed by atoms with E-state index in [2.05, 4.69) is 21.2 Å². The lowest BCUT2D eigenvalue weighted by Gasteiger charge is -2.32. The highest BCUT2D eigenvalue weighted by molar-refractivity contribution is 9.10. The van der Waals surface area contributed by atoms with Crippen molar-refractivity contribution >= 4 is 33.9 Å². The molecule has 1 heterocycles. The molecule has 0 bridgehead atoms. The van der Waals surface area contributed by atoms with Crippen molar-refractivity contribution in [2.75, 3.05) is 13.2 Å². The first-order valence-electron chi connectivity index (χ1n) is 9.80. The van der Waals surface area contributed by atoms with E-state index in [1.165, 1.54) is 4.90 Å². The van der Waals surface area contributed by atoms with E-state index in [0.717, 1.165) is 4.47 Å². The molecule has 2 rings (SSSR count). The van der Waals surface area contributed by atoms with Crippen molar-refractivity contribution in [2.45, 2.75) is 64.3 Å². The number of carbonyl (C=O) groups is 3. The zero-order valence-corrected chi connectivity index (χ0v) is 19.5. The Morgan fingerprint density at radius 3 is 2.33 bits per heavy atom. The number of aliphatic hydroxyl groups is 1. The highest BCUT2D eigenvalue weighted by Crippen LogP contribution is 2.27. The summed E-state index contributed by atoms with van der Waals surface area (Å²) in [4.78, 5) is 39.7. The molecule has 0 radical (unpaired) electrons. The summed E-state index contributed by atoms with van der Waals surface area (Å²) in [6.07, 6.45) is -1.51.